The number of hydrogen-bond donors (Lipinski definition) is 2. The van der Waals surface area contributed by atoms with Crippen LogP contribution >= 0.6 is 0 Å². The van der Waals surface area contributed by atoms with Crippen molar-refractivity contribution in [2.45, 2.75) is 20.3 Å². The van der Waals surface area contributed by atoms with Gasteiger partial charge in [0.25, 0.3) is 0 Å². The van der Waals surface area contributed by atoms with Crippen LogP contribution < -0.4 is 0 Å². The summed E-state index contributed by atoms with van der Waals surface area (Å²) in [4.78, 5) is 19.5. The Morgan fingerprint density at radius 3 is 1.62 bits per heavy atom. The molecule has 0 rings (SSSR count). The Kier molecular flexibility index (Phi) is 4.26. The number of rotatable bonds is 5. The fourth-order valence-electron chi connectivity index (χ4n) is 1.22. The standard InChI is InChI=1S/C8H10N4O4/c1-3-8(2,6(4-9)11(13)14)7(5-10)12(15)16/h9-10H,3H2,1-2H3. The summed E-state index contributed by atoms with van der Waals surface area (Å²) in [6.07, 6.45) is -0.00259. The zero-order valence-corrected chi connectivity index (χ0v) is 8.73. The lowest BCUT2D eigenvalue weighted by atomic mass is 9.81. The third-order valence-corrected chi connectivity index (χ3v) is 2.35. The lowest BCUT2D eigenvalue weighted by molar-refractivity contribution is -0.467. The predicted octanol–water partition coefficient (Wildman–Crippen LogP) is 1.22. The molecule has 0 aromatic heterocycles. The van der Waals surface area contributed by atoms with E-state index < -0.39 is 26.7 Å². The number of nitro groups is 2. The molecule has 0 aliphatic heterocycles. The number of hydrogen-bond acceptors (Lipinski definition) is 6. The van der Waals surface area contributed by atoms with Gasteiger partial charge in [-0.3, -0.25) is 31.0 Å². The van der Waals surface area contributed by atoms with Gasteiger partial charge in [-0.05, 0) is 13.3 Å². The Hall–Kier alpha value is -2.30. The minimum absolute atomic E-state index is 0.00259. The van der Waals surface area contributed by atoms with Gasteiger partial charge in [0, 0.05) is 0 Å². The fraction of sp³-hybridized carbons (Fsp3) is 0.500. The van der Waals surface area contributed by atoms with Crippen LogP contribution in [0.15, 0.2) is 11.4 Å². The molecule has 0 aliphatic carbocycles. The molecule has 8 heteroatoms. The highest BCUT2D eigenvalue weighted by Crippen LogP contribution is 2.36. The largest absolute Gasteiger partial charge is 0.323 e. The Labute approximate surface area is 90.6 Å². The second kappa shape index (κ2) is 4.97. The van der Waals surface area contributed by atoms with Gasteiger partial charge in [-0.25, -0.2) is 0 Å². The molecule has 2 N–H and O–H groups in total. The fourth-order valence-corrected chi connectivity index (χ4v) is 1.22. The second-order valence-corrected chi connectivity index (χ2v) is 3.15. The Morgan fingerprint density at radius 2 is 1.50 bits per heavy atom. The van der Waals surface area contributed by atoms with Gasteiger partial charge in [0.05, 0.1) is 21.6 Å². The highest BCUT2D eigenvalue weighted by Gasteiger charge is 2.48. The molecule has 0 unspecified atom stereocenters. The van der Waals surface area contributed by atoms with Crippen LogP contribution in [0, 0.1) is 36.5 Å². The van der Waals surface area contributed by atoms with E-state index in [1.165, 1.54) is 13.8 Å². The van der Waals surface area contributed by atoms with Crippen molar-refractivity contribution in [1.82, 2.24) is 0 Å². The van der Waals surface area contributed by atoms with Crippen molar-refractivity contribution >= 4 is 11.7 Å². The maximum atomic E-state index is 10.6. The van der Waals surface area contributed by atoms with Crippen molar-refractivity contribution in [2.24, 2.45) is 5.41 Å². The van der Waals surface area contributed by atoms with Gasteiger partial charge >= 0.3 is 11.4 Å². The third kappa shape index (κ3) is 2.20. The Balaban J connectivity index is 5.89. The lowest BCUT2D eigenvalue weighted by Crippen LogP contribution is -2.30. The normalized spacial score (nSPS) is 12.9. The van der Waals surface area contributed by atoms with E-state index in [1.807, 2.05) is 0 Å². The van der Waals surface area contributed by atoms with Crippen LogP contribution in [0.4, 0.5) is 0 Å². The molecule has 0 amide bonds. The lowest BCUT2D eigenvalue weighted by Gasteiger charge is -2.18. The van der Waals surface area contributed by atoms with Crippen molar-refractivity contribution < 1.29 is 9.85 Å². The third-order valence-electron chi connectivity index (χ3n) is 2.35. The molecule has 0 heterocycles. The van der Waals surface area contributed by atoms with E-state index in [1.54, 1.807) is 11.7 Å². The molecular formula is C8H10N4O4. The summed E-state index contributed by atoms with van der Waals surface area (Å²) in [5, 5.41) is 34.9. The number of nitrogens with one attached hydrogen (secondary N) is 2. The summed E-state index contributed by atoms with van der Waals surface area (Å²) >= 11 is 0. The molecule has 0 fully saturated rings. The van der Waals surface area contributed by atoms with Gasteiger partial charge in [-0.1, -0.05) is 6.92 Å². The van der Waals surface area contributed by atoms with Crippen molar-refractivity contribution in [3.8, 4) is 0 Å². The highest BCUT2D eigenvalue weighted by atomic mass is 16.6. The topological polar surface area (TPSA) is 134 Å². The molecule has 8 nitrogen and oxygen atoms in total. The van der Waals surface area contributed by atoms with E-state index in [4.69, 9.17) is 10.8 Å². The van der Waals surface area contributed by atoms with Gasteiger partial charge in [0.15, 0.2) is 5.41 Å². The molecule has 16 heavy (non-hydrogen) atoms. The first-order valence-corrected chi connectivity index (χ1v) is 4.24. The SMILES string of the molecule is CCC(C)(C(=C=N)[N+](=O)[O-])C(=C=N)[N+](=O)[O-]. The molecule has 0 aliphatic rings. The smallest absolute Gasteiger partial charge is 0.258 e. The summed E-state index contributed by atoms with van der Waals surface area (Å²) in [6, 6.07) is 0. The van der Waals surface area contributed by atoms with E-state index >= 15 is 0 Å². The molecule has 0 atom stereocenters. The monoisotopic (exact) mass is 226 g/mol. The first-order chi connectivity index (χ1) is 7.34. The predicted molar refractivity (Wildman–Crippen MR) is 54.9 cm³/mol. The van der Waals surface area contributed by atoms with E-state index in [9.17, 15) is 20.2 Å². The zero-order chi connectivity index (χ0) is 12.9. The summed E-state index contributed by atoms with van der Waals surface area (Å²) in [5.41, 5.74) is -3.14. The minimum atomic E-state index is -1.64. The Bertz CT molecular complexity index is 393. The molecule has 0 radical (unpaired) electrons. The van der Waals surface area contributed by atoms with Gasteiger partial charge in [0.1, 0.15) is 0 Å². The molecule has 0 aromatic carbocycles. The van der Waals surface area contributed by atoms with Gasteiger partial charge in [-0.2, -0.15) is 0 Å². The van der Waals surface area contributed by atoms with Crippen LogP contribution in [0.3, 0.4) is 0 Å². The van der Waals surface area contributed by atoms with E-state index in [-0.39, 0.29) is 6.42 Å². The first-order valence-electron chi connectivity index (χ1n) is 4.24. The summed E-state index contributed by atoms with van der Waals surface area (Å²) < 4.78 is 0. The summed E-state index contributed by atoms with van der Waals surface area (Å²) in [7, 11) is 0. The molecule has 0 spiro atoms. The second-order valence-electron chi connectivity index (χ2n) is 3.15. The van der Waals surface area contributed by atoms with Crippen molar-refractivity contribution in [3.63, 3.8) is 0 Å². The van der Waals surface area contributed by atoms with Gasteiger partial charge in [0.2, 0.25) is 0 Å². The maximum absolute atomic E-state index is 10.6. The van der Waals surface area contributed by atoms with Crippen molar-refractivity contribution in [1.29, 1.82) is 10.8 Å². The number of nitrogens with zero attached hydrogens (tertiary/aromatic N) is 2. The first kappa shape index (κ1) is 13.7. The van der Waals surface area contributed by atoms with Crippen molar-refractivity contribution in [2.75, 3.05) is 0 Å². The summed E-state index contributed by atoms with van der Waals surface area (Å²) in [6.45, 7) is 2.70. The van der Waals surface area contributed by atoms with Gasteiger partial charge in [-0.15, -0.1) is 0 Å². The van der Waals surface area contributed by atoms with E-state index in [0.29, 0.717) is 0 Å². The maximum Gasteiger partial charge on any atom is 0.323 e. The minimum Gasteiger partial charge on any atom is -0.258 e. The van der Waals surface area contributed by atoms with Crippen LogP contribution in [-0.4, -0.2) is 21.6 Å². The van der Waals surface area contributed by atoms with Gasteiger partial charge < -0.3 is 0 Å². The van der Waals surface area contributed by atoms with Crippen LogP contribution in [0.25, 0.3) is 0 Å². The highest BCUT2D eigenvalue weighted by molar-refractivity contribution is 5.61. The van der Waals surface area contributed by atoms with E-state index in [2.05, 4.69) is 0 Å². The van der Waals surface area contributed by atoms with Crippen LogP contribution in [0.5, 0.6) is 0 Å². The molecule has 86 valence electrons. The summed E-state index contributed by atoms with van der Waals surface area (Å²) in [5.74, 6) is 3.16. The quantitative estimate of drug-likeness (QED) is 0.414. The Morgan fingerprint density at radius 1 is 1.19 bits per heavy atom. The van der Waals surface area contributed by atoms with Crippen LogP contribution in [-0.2, 0) is 0 Å². The van der Waals surface area contributed by atoms with Crippen molar-refractivity contribution in [3.05, 3.63) is 31.6 Å². The molecular weight excluding hydrogens is 216 g/mol. The van der Waals surface area contributed by atoms with Crippen LogP contribution in [0.1, 0.15) is 20.3 Å². The molecule has 0 aromatic rings. The van der Waals surface area contributed by atoms with Crippen LogP contribution in [0.2, 0.25) is 0 Å². The average molecular weight is 226 g/mol. The molecule has 0 bridgehead atoms. The zero-order valence-electron chi connectivity index (χ0n) is 8.73. The van der Waals surface area contributed by atoms with E-state index in [0.717, 1.165) is 0 Å². The molecule has 0 saturated heterocycles. The molecule has 0 saturated carbocycles. The average Bonchev–Trinajstić information content (AvgIpc) is 2.18.